The lowest BCUT2D eigenvalue weighted by Crippen LogP contribution is -2.26. The number of nitrogens with two attached hydrogens (primary N) is 1. The van der Waals surface area contributed by atoms with Gasteiger partial charge in [0, 0.05) is 24.5 Å². The number of hydrogen-bond donors (Lipinski definition) is 1. The molecule has 0 spiro atoms. The summed E-state index contributed by atoms with van der Waals surface area (Å²) in [5.41, 5.74) is 11.7. The van der Waals surface area contributed by atoms with Crippen LogP contribution in [0, 0.1) is 12.7 Å². The van der Waals surface area contributed by atoms with E-state index in [9.17, 15) is 4.39 Å². The number of benzene rings is 2. The predicted octanol–water partition coefficient (Wildman–Crippen LogP) is 3.68. The molecule has 0 saturated carbocycles. The zero-order chi connectivity index (χ0) is 14.1. The van der Waals surface area contributed by atoms with Crippen molar-refractivity contribution in [1.82, 2.24) is 0 Å². The normalized spacial score (nSPS) is 14.2. The summed E-state index contributed by atoms with van der Waals surface area (Å²) in [6.07, 6.45) is 2.16. The Labute approximate surface area is 119 Å². The molecule has 2 aromatic rings. The Bertz CT molecular complexity index is 637. The highest BCUT2D eigenvalue weighted by atomic mass is 19.1. The highest BCUT2D eigenvalue weighted by Crippen LogP contribution is 2.37. The Morgan fingerprint density at radius 2 is 2.10 bits per heavy atom. The van der Waals surface area contributed by atoms with Gasteiger partial charge in [0.2, 0.25) is 0 Å². The lowest BCUT2D eigenvalue weighted by molar-refractivity contribution is 0.627. The van der Waals surface area contributed by atoms with E-state index in [0.717, 1.165) is 30.6 Å². The lowest BCUT2D eigenvalue weighted by Gasteiger charge is -2.33. The molecular weight excluding hydrogens is 251 g/mol. The minimum atomic E-state index is -0.192. The molecule has 2 aromatic carbocycles. The molecule has 2 nitrogen and oxygen atoms in total. The molecule has 0 saturated heterocycles. The summed E-state index contributed by atoms with van der Waals surface area (Å²) in [7, 11) is 0. The first-order valence-electron chi connectivity index (χ1n) is 7.05. The largest absolute Gasteiger partial charge is 0.341 e. The van der Waals surface area contributed by atoms with E-state index >= 15 is 0 Å². The van der Waals surface area contributed by atoms with Gasteiger partial charge in [-0.1, -0.05) is 18.2 Å². The number of anilines is 2. The molecule has 0 radical (unpaired) electrons. The van der Waals surface area contributed by atoms with Gasteiger partial charge >= 0.3 is 0 Å². The van der Waals surface area contributed by atoms with Gasteiger partial charge in [-0.15, -0.1) is 0 Å². The Kier molecular flexibility index (Phi) is 3.45. The van der Waals surface area contributed by atoms with Crippen LogP contribution in [0.25, 0.3) is 0 Å². The second kappa shape index (κ2) is 5.25. The van der Waals surface area contributed by atoms with Crippen LogP contribution in [0.2, 0.25) is 0 Å². The van der Waals surface area contributed by atoms with Crippen LogP contribution in [0.1, 0.15) is 23.1 Å². The number of aryl methyl sites for hydroxylation is 1. The van der Waals surface area contributed by atoms with E-state index in [2.05, 4.69) is 24.0 Å². The third-order valence-electron chi connectivity index (χ3n) is 4.06. The maximum atomic E-state index is 13.5. The van der Waals surface area contributed by atoms with Gasteiger partial charge in [0.05, 0.1) is 0 Å². The SMILES string of the molecule is Cc1c(CN)ccc2c1N(c1cccc(F)c1)CCC2. The lowest BCUT2D eigenvalue weighted by atomic mass is 9.94. The van der Waals surface area contributed by atoms with Crippen LogP contribution in [0.5, 0.6) is 0 Å². The standard InChI is InChI=1S/C17H19FN2/c1-12-14(11-19)8-7-13-4-3-9-20(17(12)13)16-6-2-5-15(18)10-16/h2,5-8,10H,3-4,9,11,19H2,1H3. The molecule has 0 unspecified atom stereocenters. The molecule has 0 fully saturated rings. The number of hydrogen-bond acceptors (Lipinski definition) is 2. The second-order valence-corrected chi connectivity index (χ2v) is 5.30. The molecule has 104 valence electrons. The van der Waals surface area contributed by atoms with Gasteiger partial charge in [-0.3, -0.25) is 0 Å². The van der Waals surface area contributed by atoms with Crippen molar-refractivity contribution in [3.05, 3.63) is 58.9 Å². The molecule has 1 aliphatic rings. The van der Waals surface area contributed by atoms with Gasteiger partial charge in [-0.05, 0) is 54.7 Å². The predicted molar refractivity (Wildman–Crippen MR) is 80.8 cm³/mol. The van der Waals surface area contributed by atoms with Gasteiger partial charge in [-0.25, -0.2) is 4.39 Å². The molecular formula is C17H19FN2. The average molecular weight is 270 g/mol. The summed E-state index contributed by atoms with van der Waals surface area (Å²) in [5.74, 6) is -0.192. The Hall–Kier alpha value is -1.87. The van der Waals surface area contributed by atoms with E-state index in [-0.39, 0.29) is 5.82 Å². The summed E-state index contributed by atoms with van der Waals surface area (Å²) in [5, 5.41) is 0. The molecule has 0 aliphatic carbocycles. The quantitative estimate of drug-likeness (QED) is 0.902. The van der Waals surface area contributed by atoms with Crippen LogP contribution >= 0.6 is 0 Å². The summed E-state index contributed by atoms with van der Waals surface area (Å²) in [6, 6.07) is 11.1. The fraction of sp³-hybridized carbons (Fsp3) is 0.294. The molecule has 2 N–H and O–H groups in total. The zero-order valence-electron chi connectivity index (χ0n) is 11.7. The van der Waals surface area contributed by atoms with E-state index in [1.807, 2.05) is 6.07 Å². The van der Waals surface area contributed by atoms with E-state index in [4.69, 9.17) is 5.73 Å². The van der Waals surface area contributed by atoms with Crippen molar-refractivity contribution in [3.63, 3.8) is 0 Å². The summed E-state index contributed by atoms with van der Waals surface area (Å²) < 4.78 is 13.5. The first kappa shape index (κ1) is 13.1. The summed E-state index contributed by atoms with van der Waals surface area (Å²) in [6.45, 7) is 3.57. The minimum Gasteiger partial charge on any atom is -0.341 e. The third kappa shape index (κ3) is 2.18. The molecule has 3 heteroatoms. The molecule has 0 bridgehead atoms. The van der Waals surface area contributed by atoms with Crippen LogP contribution in [0.4, 0.5) is 15.8 Å². The van der Waals surface area contributed by atoms with Crippen LogP contribution < -0.4 is 10.6 Å². The van der Waals surface area contributed by atoms with Crippen LogP contribution in [0.15, 0.2) is 36.4 Å². The van der Waals surface area contributed by atoms with Crippen molar-refractivity contribution in [2.24, 2.45) is 5.73 Å². The molecule has 0 amide bonds. The smallest absolute Gasteiger partial charge is 0.125 e. The van der Waals surface area contributed by atoms with Crippen molar-refractivity contribution in [1.29, 1.82) is 0 Å². The highest BCUT2D eigenvalue weighted by molar-refractivity contribution is 5.72. The average Bonchev–Trinajstić information content (AvgIpc) is 2.47. The number of halogens is 1. The Morgan fingerprint density at radius 3 is 2.85 bits per heavy atom. The van der Waals surface area contributed by atoms with Gasteiger partial charge in [0.1, 0.15) is 5.82 Å². The van der Waals surface area contributed by atoms with E-state index < -0.39 is 0 Å². The molecule has 0 atom stereocenters. The molecule has 1 aliphatic heterocycles. The summed E-state index contributed by atoms with van der Waals surface area (Å²) >= 11 is 0. The highest BCUT2D eigenvalue weighted by Gasteiger charge is 2.21. The van der Waals surface area contributed by atoms with Crippen molar-refractivity contribution < 1.29 is 4.39 Å². The Morgan fingerprint density at radius 1 is 1.25 bits per heavy atom. The molecule has 3 rings (SSSR count). The number of fused-ring (bicyclic) bond motifs is 1. The van der Waals surface area contributed by atoms with E-state index in [1.54, 1.807) is 12.1 Å². The fourth-order valence-corrected chi connectivity index (χ4v) is 3.04. The maximum Gasteiger partial charge on any atom is 0.125 e. The van der Waals surface area contributed by atoms with Gasteiger partial charge in [0.15, 0.2) is 0 Å². The monoisotopic (exact) mass is 270 g/mol. The van der Waals surface area contributed by atoms with Crippen molar-refractivity contribution in [2.45, 2.75) is 26.3 Å². The van der Waals surface area contributed by atoms with Crippen molar-refractivity contribution in [3.8, 4) is 0 Å². The fourth-order valence-electron chi connectivity index (χ4n) is 3.04. The van der Waals surface area contributed by atoms with Crippen LogP contribution in [-0.2, 0) is 13.0 Å². The number of nitrogens with zero attached hydrogens (tertiary/aromatic N) is 1. The van der Waals surface area contributed by atoms with Gasteiger partial charge in [0.25, 0.3) is 0 Å². The van der Waals surface area contributed by atoms with Crippen molar-refractivity contribution in [2.75, 3.05) is 11.4 Å². The van der Waals surface area contributed by atoms with Crippen LogP contribution in [-0.4, -0.2) is 6.54 Å². The zero-order valence-corrected chi connectivity index (χ0v) is 11.7. The van der Waals surface area contributed by atoms with Gasteiger partial charge < -0.3 is 10.6 Å². The second-order valence-electron chi connectivity index (χ2n) is 5.30. The Balaban J connectivity index is 2.13. The molecule has 20 heavy (non-hydrogen) atoms. The van der Waals surface area contributed by atoms with E-state index in [0.29, 0.717) is 6.54 Å². The summed E-state index contributed by atoms with van der Waals surface area (Å²) in [4.78, 5) is 2.22. The van der Waals surface area contributed by atoms with E-state index in [1.165, 1.54) is 22.9 Å². The number of rotatable bonds is 2. The molecule has 0 aromatic heterocycles. The minimum absolute atomic E-state index is 0.192. The topological polar surface area (TPSA) is 29.3 Å². The van der Waals surface area contributed by atoms with Crippen LogP contribution in [0.3, 0.4) is 0 Å². The molecule has 1 heterocycles. The third-order valence-corrected chi connectivity index (χ3v) is 4.06. The van der Waals surface area contributed by atoms with Gasteiger partial charge in [-0.2, -0.15) is 0 Å². The van der Waals surface area contributed by atoms with Crippen molar-refractivity contribution >= 4 is 11.4 Å². The first-order chi connectivity index (χ1) is 9.70. The maximum absolute atomic E-state index is 13.5. The first-order valence-corrected chi connectivity index (χ1v) is 7.05.